The van der Waals surface area contributed by atoms with E-state index in [-0.39, 0.29) is 24.9 Å². The third kappa shape index (κ3) is 4.05. The minimum absolute atomic E-state index is 0.0172. The highest BCUT2D eigenvalue weighted by molar-refractivity contribution is 5.97. The van der Waals surface area contributed by atoms with Gasteiger partial charge in [-0.2, -0.15) is 0 Å². The number of fused-ring (bicyclic) bond motifs is 9. The van der Waals surface area contributed by atoms with Gasteiger partial charge in [0.1, 0.15) is 30.5 Å². The summed E-state index contributed by atoms with van der Waals surface area (Å²) < 4.78 is 24.7. The predicted octanol–water partition coefficient (Wildman–Crippen LogP) is 5.11. The Bertz CT molecular complexity index is 1880. The lowest BCUT2D eigenvalue weighted by atomic mass is 9.41. The second-order valence-electron chi connectivity index (χ2n) is 15.3. The molecule has 1 amide bonds. The standard InChI is InChI=1S/C38H42N2O8/c1-34(2)32-27(41)19-28-37(47-32,48-34)16-15-35(3)36(4)23(17-25-24-13-9-10-14-26(24)39-31(25)36)18-29(38(28,35)44)46-30(42)20-40(5)33(43)45-21-22-11-7-6-8-12-22/h6-14,19,23,29,32,39,44H,15-18,20-21H2,1-5H3/t23-,29+,32?,35?,36-,37?,38+/m1/s1. The van der Waals surface area contributed by atoms with Gasteiger partial charge in [-0.1, -0.05) is 62.4 Å². The van der Waals surface area contributed by atoms with Crippen molar-refractivity contribution in [2.45, 2.75) is 94.6 Å². The molecule has 2 aliphatic heterocycles. The number of benzene rings is 2. The zero-order valence-electron chi connectivity index (χ0n) is 28.0. The van der Waals surface area contributed by atoms with E-state index in [9.17, 15) is 19.5 Å². The lowest BCUT2D eigenvalue weighted by Gasteiger charge is -2.67. The number of H-pyrrole nitrogens is 1. The fraction of sp³-hybridized carbons (Fsp3) is 0.500. The molecule has 1 saturated heterocycles. The van der Waals surface area contributed by atoms with Crippen LogP contribution in [0.3, 0.4) is 0 Å². The predicted molar refractivity (Wildman–Crippen MR) is 175 cm³/mol. The number of aliphatic hydroxyl groups is 1. The molecule has 2 aromatic carbocycles. The molecule has 1 aromatic heterocycles. The summed E-state index contributed by atoms with van der Waals surface area (Å²) in [6.07, 6.45) is 0.978. The van der Waals surface area contributed by atoms with Crippen LogP contribution in [0.1, 0.15) is 63.8 Å². The van der Waals surface area contributed by atoms with Gasteiger partial charge < -0.3 is 33.9 Å². The van der Waals surface area contributed by atoms with E-state index >= 15 is 0 Å². The van der Waals surface area contributed by atoms with E-state index in [1.807, 2.05) is 56.3 Å². The zero-order valence-corrected chi connectivity index (χ0v) is 28.0. The number of para-hydroxylation sites is 1. The number of esters is 1. The van der Waals surface area contributed by atoms with Crippen molar-refractivity contribution < 1.29 is 38.4 Å². The van der Waals surface area contributed by atoms with Crippen molar-refractivity contribution in [1.82, 2.24) is 9.88 Å². The molecule has 5 aliphatic rings. The quantitative estimate of drug-likeness (QED) is 0.364. The highest BCUT2D eigenvalue weighted by Crippen LogP contribution is 2.72. The Hall–Kier alpha value is -3.99. The van der Waals surface area contributed by atoms with Gasteiger partial charge in [0.05, 0.1) is 0 Å². The molecule has 3 aliphatic carbocycles. The summed E-state index contributed by atoms with van der Waals surface area (Å²) in [5.41, 5.74) is 0.225. The van der Waals surface area contributed by atoms with Gasteiger partial charge in [0.2, 0.25) is 0 Å². The number of nitrogens with zero attached hydrogens (tertiary/aromatic N) is 1. The lowest BCUT2D eigenvalue weighted by molar-refractivity contribution is -0.277. The summed E-state index contributed by atoms with van der Waals surface area (Å²) in [4.78, 5) is 45.0. The number of hydrogen-bond acceptors (Lipinski definition) is 8. The molecule has 2 bridgehead atoms. The van der Waals surface area contributed by atoms with Crippen LogP contribution in [0.5, 0.6) is 0 Å². The molecular formula is C38H42N2O8. The Morgan fingerprint density at radius 1 is 1.04 bits per heavy atom. The molecule has 252 valence electrons. The maximum atomic E-state index is 13.7. The Balaban J connectivity index is 1.15. The van der Waals surface area contributed by atoms with E-state index in [0.717, 1.165) is 33.5 Å². The van der Waals surface area contributed by atoms with Gasteiger partial charge in [0.25, 0.3) is 0 Å². The van der Waals surface area contributed by atoms with E-state index in [1.165, 1.54) is 18.7 Å². The second kappa shape index (κ2) is 10.3. The number of aromatic amines is 1. The Labute approximate surface area is 279 Å². The van der Waals surface area contributed by atoms with Gasteiger partial charge in [-0.3, -0.25) is 9.59 Å². The molecule has 3 fully saturated rings. The molecule has 8 rings (SSSR count). The molecule has 3 unspecified atom stereocenters. The van der Waals surface area contributed by atoms with E-state index < -0.39 is 52.1 Å². The van der Waals surface area contributed by atoms with Gasteiger partial charge in [-0.05, 0) is 62.3 Å². The van der Waals surface area contributed by atoms with Crippen molar-refractivity contribution in [3.8, 4) is 0 Å². The molecule has 2 N–H and O–H groups in total. The highest BCUT2D eigenvalue weighted by Gasteiger charge is 2.78. The monoisotopic (exact) mass is 654 g/mol. The van der Waals surface area contributed by atoms with Gasteiger partial charge in [-0.25, -0.2) is 4.79 Å². The minimum Gasteiger partial charge on any atom is -0.458 e. The summed E-state index contributed by atoms with van der Waals surface area (Å²) in [5.74, 6) is -2.28. The van der Waals surface area contributed by atoms with Gasteiger partial charge in [-0.15, -0.1) is 0 Å². The number of ketones is 1. The maximum absolute atomic E-state index is 13.7. The minimum atomic E-state index is -1.83. The van der Waals surface area contributed by atoms with Crippen LogP contribution in [0, 0.1) is 11.3 Å². The first kappa shape index (κ1) is 31.3. The number of aromatic nitrogens is 1. The van der Waals surface area contributed by atoms with Crippen LogP contribution >= 0.6 is 0 Å². The number of ether oxygens (including phenoxy) is 4. The van der Waals surface area contributed by atoms with E-state index in [2.05, 4.69) is 31.0 Å². The molecule has 3 aromatic rings. The van der Waals surface area contributed by atoms with E-state index in [0.29, 0.717) is 24.8 Å². The number of amides is 1. The zero-order chi connectivity index (χ0) is 33.9. The van der Waals surface area contributed by atoms with Crippen LogP contribution in [0.4, 0.5) is 4.79 Å². The SMILES string of the molecule is CN(CC(=O)O[C@H]1C[C@H]2Cc3c([nH]c4ccccc34)[C@]2(C)C2(C)CCC34OC(C(=O)C=C3[C@]12O)C(C)(C)O4)C(=O)OCc1ccccc1. The Morgan fingerprint density at radius 2 is 1.77 bits per heavy atom. The lowest BCUT2D eigenvalue weighted by Crippen LogP contribution is -2.75. The summed E-state index contributed by atoms with van der Waals surface area (Å²) in [6, 6.07) is 17.5. The van der Waals surface area contributed by atoms with Crippen LogP contribution in [0.25, 0.3) is 10.9 Å². The van der Waals surface area contributed by atoms with Gasteiger partial charge in [0, 0.05) is 46.5 Å². The van der Waals surface area contributed by atoms with Crippen molar-refractivity contribution >= 4 is 28.7 Å². The number of nitrogens with one attached hydrogen (secondary N) is 1. The van der Waals surface area contributed by atoms with Gasteiger partial charge >= 0.3 is 12.1 Å². The fourth-order valence-corrected chi connectivity index (χ4v) is 9.81. The smallest absolute Gasteiger partial charge is 0.410 e. The second-order valence-corrected chi connectivity index (χ2v) is 15.3. The van der Waals surface area contributed by atoms with E-state index in [1.54, 1.807) is 0 Å². The fourth-order valence-electron chi connectivity index (χ4n) is 9.81. The molecule has 0 radical (unpaired) electrons. The number of likely N-dealkylation sites (N-methyl/N-ethyl adjacent to an activating group) is 1. The van der Waals surface area contributed by atoms with Gasteiger partial charge in [0.15, 0.2) is 17.7 Å². The molecule has 7 atom stereocenters. The molecule has 3 heterocycles. The van der Waals surface area contributed by atoms with Crippen molar-refractivity contribution in [3.05, 3.63) is 83.1 Å². The summed E-state index contributed by atoms with van der Waals surface area (Å²) in [7, 11) is 1.47. The average Bonchev–Trinajstić information content (AvgIpc) is 3.64. The molecule has 10 nitrogen and oxygen atoms in total. The van der Waals surface area contributed by atoms with Crippen molar-refractivity contribution in [1.29, 1.82) is 0 Å². The first-order chi connectivity index (χ1) is 22.7. The Morgan fingerprint density at radius 3 is 2.54 bits per heavy atom. The first-order valence-electron chi connectivity index (χ1n) is 16.8. The molecule has 2 saturated carbocycles. The number of carbonyl (C=O) groups is 3. The van der Waals surface area contributed by atoms with Crippen LogP contribution in [0.15, 0.2) is 66.2 Å². The first-order valence-corrected chi connectivity index (χ1v) is 16.8. The van der Waals surface area contributed by atoms with E-state index in [4.69, 9.17) is 18.9 Å². The van der Waals surface area contributed by atoms with Crippen molar-refractivity contribution in [2.75, 3.05) is 13.6 Å². The average molecular weight is 655 g/mol. The van der Waals surface area contributed by atoms with Crippen molar-refractivity contribution in [2.24, 2.45) is 11.3 Å². The van der Waals surface area contributed by atoms with Crippen LogP contribution in [-0.4, -0.2) is 75.6 Å². The maximum Gasteiger partial charge on any atom is 0.410 e. The van der Waals surface area contributed by atoms with Crippen LogP contribution in [-0.2, 0) is 47.0 Å². The molecule has 10 heteroatoms. The molecule has 48 heavy (non-hydrogen) atoms. The number of hydrogen-bond donors (Lipinski definition) is 2. The molecular weight excluding hydrogens is 612 g/mol. The Kier molecular flexibility index (Phi) is 6.69. The van der Waals surface area contributed by atoms with Crippen LogP contribution < -0.4 is 0 Å². The number of carbonyl (C=O) groups excluding carboxylic acids is 3. The number of rotatable bonds is 5. The summed E-state index contributed by atoms with van der Waals surface area (Å²) >= 11 is 0. The largest absolute Gasteiger partial charge is 0.458 e. The summed E-state index contributed by atoms with van der Waals surface area (Å²) in [6.45, 7) is 7.59. The topological polar surface area (TPSA) is 127 Å². The van der Waals surface area contributed by atoms with Crippen molar-refractivity contribution in [3.63, 3.8) is 0 Å². The summed E-state index contributed by atoms with van der Waals surface area (Å²) in [5, 5.41) is 14.6. The van der Waals surface area contributed by atoms with Crippen LogP contribution in [0.2, 0.25) is 0 Å². The normalized spacial score (nSPS) is 35.6. The molecule has 1 spiro atoms. The highest BCUT2D eigenvalue weighted by atomic mass is 16.8. The third-order valence-corrected chi connectivity index (χ3v) is 12.4. The third-order valence-electron chi connectivity index (χ3n) is 12.4.